The number of nitrogens with one attached hydrogen (secondary N) is 2. The molecule has 0 aliphatic carbocycles. The van der Waals surface area contributed by atoms with Crippen LogP contribution in [0.15, 0.2) is 47.4 Å². The standard InChI is InChI=1S/C21H26N2O4S/c1-14-18-13-17(9-10-19(18)23-20(14)24)28(25,26)22-11-12-27-16-7-5-15(6-8-16)21(2,3)4/h5-10,13-14,22H,11-12H2,1-4H3,(H,23,24)/t14-/m0/s1. The summed E-state index contributed by atoms with van der Waals surface area (Å²) in [6.45, 7) is 8.54. The monoisotopic (exact) mass is 402 g/mol. The van der Waals surface area contributed by atoms with Gasteiger partial charge in [-0.05, 0) is 53.8 Å². The maximum absolute atomic E-state index is 12.5. The number of ether oxygens (including phenoxy) is 1. The number of carbonyl (C=O) groups is 1. The molecule has 2 N–H and O–H groups in total. The number of sulfonamides is 1. The molecular formula is C21H26N2O4S. The molecule has 6 nitrogen and oxygen atoms in total. The van der Waals surface area contributed by atoms with Crippen molar-refractivity contribution in [3.05, 3.63) is 53.6 Å². The molecule has 0 saturated carbocycles. The summed E-state index contributed by atoms with van der Waals surface area (Å²) in [5.74, 6) is 0.219. The Morgan fingerprint density at radius 3 is 2.43 bits per heavy atom. The average molecular weight is 403 g/mol. The summed E-state index contributed by atoms with van der Waals surface area (Å²) in [5, 5.41) is 2.74. The van der Waals surface area contributed by atoms with Crippen LogP contribution in [0.4, 0.5) is 5.69 Å². The van der Waals surface area contributed by atoms with E-state index in [0.717, 1.165) is 0 Å². The van der Waals surface area contributed by atoms with Crippen LogP contribution >= 0.6 is 0 Å². The van der Waals surface area contributed by atoms with Gasteiger partial charge in [-0.2, -0.15) is 0 Å². The molecule has 0 bridgehead atoms. The highest BCUT2D eigenvalue weighted by molar-refractivity contribution is 7.89. The van der Waals surface area contributed by atoms with E-state index < -0.39 is 10.0 Å². The van der Waals surface area contributed by atoms with Gasteiger partial charge in [-0.3, -0.25) is 4.79 Å². The zero-order chi connectivity index (χ0) is 20.5. The molecule has 0 spiro atoms. The summed E-state index contributed by atoms with van der Waals surface area (Å²) >= 11 is 0. The van der Waals surface area contributed by atoms with Crippen LogP contribution in [0.2, 0.25) is 0 Å². The van der Waals surface area contributed by atoms with Gasteiger partial charge in [-0.25, -0.2) is 13.1 Å². The summed E-state index contributed by atoms with van der Waals surface area (Å²) in [6, 6.07) is 12.5. The van der Waals surface area contributed by atoms with E-state index >= 15 is 0 Å². The third-order valence-corrected chi connectivity index (χ3v) is 6.29. The Morgan fingerprint density at radius 2 is 1.79 bits per heavy atom. The topological polar surface area (TPSA) is 84.5 Å². The molecular weight excluding hydrogens is 376 g/mol. The van der Waals surface area contributed by atoms with Crippen LogP contribution in [0.5, 0.6) is 5.75 Å². The molecule has 2 aromatic rings. The highest BCUT2D eigenvalue weighted by atomic mass is 32.2. The van der Waals surface area contributed by atoms with Crippen molar-refractivity contribution in [2.75, 3.05) is 18.5 Å². The number of carbonyl (C=O) groups excluding carboxylic acids is 1. The Morgan fingerprint density at radius 1 is 1.11 bits per heavy atom. The maximum Gasteiger partial charge on any atom is 0.240 e. The molecule has 1 amide bonds. The number of fused-ring (bicyclic) bond motifs is 1. The summed E-state index contributed by atoms with van der Waals surface area (Å²) in [4.78, 5) is 11.9. The van der Waals surface area contributed by atoms with Gasteiger partial charge in [0.25, 0.3) is 0 Å². The fourth-order valence-electron chi connectivity index (χ4n) is 3.04. The van der Waals surface area contributed by atoms with E-state index in [1.165, 1.54) is 11.6 Å². The van der Waals surface area contributed by atoms with Gasteiger partial charge in [-0.15, -0.1) is 0 Å². The van der Waals surface area contributed by atoms with Crippen molar-refractivity contribution in [3.63, 3.8) is 0 Å². The minimum absolute atomic E-state index is 0.0711. The maximum atomic E-state index is 12.5. The lowest BCUT2D eigenvalue weighted by Gasteiger charge is -2.19. The first-order valence-electron chi connectivity index (χ1n) is 9.26. The van der Waals surface area contributed by atoms with Crippen molar-refractivity contribution in [2.45, 2.75) is 43.9 Å². The molecule has 0 fully saturated rings. The summed E-state index contributed by atoms with van der Waals surface area (Å²) in [5.41, 5.74) is 2.64. The lowest BCUT2D eigenvalue weighted by atomic mass is 9.87. The molecule has 1 heterocycles. The Labute approximate surface area is 166 Å². The second-order valence-corrected chi connectivity index (χ2v) is 9.75. The van der Waals surface area contributed by atoms with Crippen LogP contribution in [0.25, 0.3) is 0 Å². The second kappa shape index (κ2) is 7.56. The molecule has 0 unspecified atom stereocenters. The van der Waals surface area contributed by atoms with Gasteiger partial charge in [0.15, 0.2) is 0 Å². The summed E-state index contributed by atoms with van der Waals surface area (Å²) < 4.78 is 33.2. The first-order chi connectivity index (χ1) is 13.1. The Kier molecular flexibility index (Phi) is 5.50. The SMILES string of the molecule is C[C@@H]1C(=O)Nc2ccc(S(=O)(=O)NCCOc3ccc(C(C)(C)C)cc3)cc21. The zero-order valence-electron chi connectivity index (χ0n) is 16.6. The van der Waals surface area contributed by atoms with Crippen molar-refractivity contribution >= 4 is 21.6 Å². The molecule has 0 aromatic heterocycles. The third-order valence-electron chi connectivity index (χ3n) is 4.83. The number of benzene rings is 2. The predicted octanol–water partition coefficient (Wildman–Crippen LogP) is 3.40. The molecule has 28 heavy (non-hydrogen) atoms. The van der Waals surface area contributed by atoms with Gasteiger partial charge >= 0.3 is 0 Å². The molecule has 1 atom stereocenters. The van der Waals surface area contributed by atoms with Gasteiger partial charge in [0.1, 0.15) is 12.4 Å². The normalized spacial score (nSPS) is 16.6. The van der Waals surface area contributed by atoms with Crippen molar-refractivity contribution in [1.82, 2.24) is 4.72 Å². The van der Waals surface area contributed by atoms with Gasteiger partial charge in [-0.1, -0.05) is 32.9 Å². The number of hydrogen-bond donors (Lipinski definition) is 2. The molecule has 3 rings (SSSR count). The minimum atomic E-state index is -3.67. The van der Waals surface area contributed by atoms with Gasteiger partial charge < -0.3 is 10.1 Å². The molecule has 0 saturated heterocycles. The summed E-state index contributed by atoms with van der Waals surface area (Å²) in [7, 11) is -3.67. The van der Waals surface area contributed by atoms with Crippen LogP contribution in [0.1, 0.15) is 44.7 Å². The highest BCUT2D eigenvalue weighted by Gasteiger charge is 2.28. The fraction of sp³-hybridized carbons (Fsp3) is 0.381. The van der Waals surface area contributed by atoms with E-state index in [1.54, 1.807) is 19.1 Å². The summed E-state index contributed by atoms with van der Waals surface area (Å²) in [6.07, 6.45) is 0. The smallest absolute Gasteiger partial charge is 0.240 e. The number of hydrogen-bond acceptors (Lipinski definition) is 4. The van der Waals surface area contributed by atoms with Gasteiger partial charge in [0.05, 0.1) is 10.8 Å². The lowest BCUT2D eigenvalue weighted by molar-refractivity contribution is -0.116. The van der Waals surface area contributed by atoms with Crippen LogP contribution in [-0.2, 0) is 20.2 Å². The van der Waals surface area contributed by atoms with Crippen molar-refractivity contribution in [1.29, 1.82) is 0 Å². The van der Waals surface area contributed by atoms with Gasteiger partial charge in [0, 0.05) is 12.2 Å². The third kappa shape index (κ3) is 4.36. The first kappa shape index (κ1) is 20.4. The van der Waals surface area contributed by atoms with Crippen LogP contribution in [0.3, 0.4) is 0 Å². The molecule has 150 valence electrons. The van der Waals surface area contributed by atoms with Crippen LogP contribution < -0.4 is 14.8 Å². The molecule has 1 aliphatic rings. The van der Waals surface area contributed by atoms with Crippen LogP contribution in [0, 0.1) is 0 Å². The molecule has 1 aliphatic heterocycles. The highest BCUT2D eigenvalue weighted by Crippen LogP contribution is 2.33. The molecule has 2 aromatic carbocycles. The Hall–Kier alpha value is -2.38. The Bertz CT molecular complexity index is 976. The fourth-order valence-corrected chi connectivity index (χ4v) is 4.09. The van der Waals surface area contributed by atoms with E-state index in [-0.39, 0.29) is 35.3 Å². The predicted molar refractivity (Wildman–Crippen MR) is 109 cm³/mol. The van der Waals surface area contributed by atoms with Crippen molar-refractivity contribution in [2.24, 2.45) is 0 Å². The van der Waals surface area contributed by atoms with Crippen LogP contribution in [-0.4, -0.2) is 27.5 Å². The average Bonchev–Trinajstić information content (AvgIpc) is 2.92. The van der Waals surface area contributed by atoms with Gasteiger partial charge in [0.2, 0.25) is 15.9 Å². The van der Waals surface area contributed by atoms with E-state index in [4.69, 9.17) is 4.74 Å². The first-order valence-corrected chi connectivity index (χ1v) is 10.7. The minimum Gasteiger partial charge on any atom is -0.492 e. The number of amides is 1. The lowest BCUT2D eigenvalue weighted by Crippen LogP contribution is -2.28. The van der Waals surface area contributed by atoms with E-state index in [1.807, 2.05) is 24.3 Å². The second-order valence-electron chi connectivity index (χ2n) is 7.98. The molecule has 0 radical (unpaired) electrons. The number of anilines is 1. The van der Waals surface area contributed by atoms with E-state index in [9.17, 15) is 13.2 Å². The number of rotatable bonds is 6. The quantitative estimate of drug-likeness (QED) is 0.726. The molecule has 7 heteroatoms. The largest absolute Gasteiger partial charge is 0.492 e. The van der Waals surface area contributed by atoms with Crippen molar-refractivity contribution < 1.29 is 17.9 Å². The van der Waals surface area contributed by atoms with E-state index in [0.29, 0.717) is 17.0 Å². The zero-order valence-corrected chi connectivity index (χ0v) is 17.4. The van der Waals surface area contributed by atoms with Crippen molar-refractivity contribution in [3.8, 4) is 5.75 Å². The Balaban J connectivity index is 1.57. The van der Waals surface area contributed by atoms with E-state index in [2.05, 4.69) is 30.8 Å².